The molecule has 0 saturated heterocycles. The number of rotatable bonds is 3. The van der Waals surface area contributed by atoms with E-state index in [9.17, 15) is 8.42 Å². The van der Waals surface area contributed by atoms with Gasteiger partial charge in [-0.05, 0) is 25.5 Å². The predicted octanol–water partition coefficient (Wildman–Crippen LogP) is 1.18. The van der Waals surface area contributed by atoms with Crippen molar-refractivity contribution in [3.8, 4) is 0 Å². The normalized spacial score (nSPS) is 11.4. The van der Waals surface area contributed by atoms with Crippen LogP contribution in [0.15, 0.2) is 18.5 Å². The first-order valence-electron chi connectivity index (χ1n) is 4.36. The lowest BCUT2D eigenvalue weighted by molar-refractivity contribution is 0.595. The van der Waals surface area contributed by atoms with Crippen LogP contribution in [-0.4, -0.2) is 26.2 Å². The molecule has 0 N–H and O–H groups in total. The SMILES string of the molecule is CCS(=O)(=O)N(C)c1cnccc1C. The summed E-state index contributed by atoms with van der Waals surface area (Å²) in [7, 11) is -1.64. The van der Waals surface area contributed by atoms with Crippen LogP contribution >= 0.6 is 0 Å². The smallest absolute Gasteiger partial charge is 0.234 e. The van der Waals surface area contributed by atoms with Gasteiger partial charge in [0.1, 0.15) is 0 Å². The lowest BCUT2D eigenvalue weighted by Crippen LogP contribution is -2.28. The molecular formula is C9H14N2O2S. The molecule has 4 nitrogen and oxygen atoms in total. The number of pyridine rings is 1. The van der Waals surface area contributed by atoms with Crippen LogP contribution in [0.4, 0.5) is 5.69 Å². The van der Waals surface area contributed by atoms with E-state index in [1.165, 1.54) is 4.31 Å². The molecule has 0 unspecified atom stereocenters. The third-order valence-corrected chi connectivity index (χ3v) is 3.89. The minimum absolute atomic E-state index is 0.0951. The molecule has 0 atom stereocenters. The molecule has 0 aliphatic carbocycles. The number of hydrogen-bond donors (Lipinski definition) is 0. The molecule has 14 heavy (non-hydrogen) atoms. The fourth-order valence-electron chi connectivity index (χ4n) is 1.13. The first-order chi connectivity index (χ1) is 6.49. The van der Waals surface area contributed by atoms with Crippen molar-refractivity contribution in [1.29, 1.82) is 0 Å². The molecule has 0 spiro atoms. The molecule has 0 aliphatic rings. The van der Waals surface area contributed by atoms with Crippen LogP contribution in [0.1, 0.15) is 12.5 Å². The first-order valence-corrected chi connectivity index (χ1v) is 5.97. The van der Waals surface area contributed by atoms with Crippen molar-refractivity contribution in [3.63, 3.8) is 0 Å². The van der Waals surface area contributed by atoms with Gasteiger partial charge in [-0.25, -0.2) is 8.42 Å². The van der Waals surface area contributed by atoms with Crippen LogP contribution in [-0.2, 0) is 10.0 Å². The van der Waals surface area contributed by atoms with Gasteiger partial charge in [0, 0.05) is 13.2 Å². The summed E-state index contributed by atoms with van der Waals surface area (Å²) in [4.78, 5) is 3.91. The van der Waals surface area contributed by atoms with Gasteiger partial charge in [0.15, 0.2) is 0 Å². The summed E-state index contributed by atoms with van der Waals surface area (Å²) in [5, 5.41) is 0. The second-order valence-corrected chi connectivity index (χ2v) is 5.32. The summed E-state index contributed by atoms with van der Waals surface area (Å²) in [6.07, 6.45) is 3.20. The Morgan fingerprint density at radius 2 is 2.14 bits per heavy atom. The van der Waals surface area contributed by atoms with Gasteiger partial charge in [-0.2, -0.15) is 0 Å². The monoisotopic (exact) mass is 214 g/mol. The first kappa shape index (κ1) is 11.0. The van der Waals surface area contributed by atoms with Gasteiger partial charge >= 0.3 is 0 Å². The summed E-state index contributed by atoms with van der Waals surface area (Å²) >= 11 is 0. The van der Waals surface area contributed by atoms with E-state index < -0.39 is 10.0 Å². The molecule has 1 rings (SSSR count). The van der Waals surface area contributed by atoms with Crippen LogP contribution < -0.4 is 4.31 Å². The molecule has 1 heterocycles. The minimum atomic E-state index is -3.18. The fraction of sp³-hybridized carbons (Fsp3) is 0.444. The molecule has 0 aliphatic heterocycles. The van der Waals surface area contributed by atoms with E-state index in [1.807, 2.05) is 6.92 Å². The maximum absolute atomic E-state index is 11.6. The zero-order valence-corrected chi connectivity index (χ0v) is 9.37. The highest BCUT2D eigenvalue weighted by molar-refractivity contribution is 7.92. The van der Waals surface area contributed by atoms with E-state index in [4.69, 9.17) is 0 Å². The molecule has 0 fully saturated rings. The van der Waals surface area contributed by atoms with Gasteiger partial charge < -0.3 is 0 Å². The molecule has 5 heteroatoms. The van der Waals surface area contributed by atoms with E-state index in [0.717, 1.165) is 5.56 Å². The second kappa shape index (κ2) is 3.96. The predicted molar refractivity (Wildman–Crippen MR) is 56.8 cm³/mol. The van der Waals surface area contributed by atoms with Crippen molar-refractivity contribution in [1.82, 2.24) is 4.98 Å². The number of sulfonamides is 1. The minimum Gasteiger partial charge on any atom is -0.271 e. The Bertz CT molecular complexity index is 415. The highest BCUT2D eigenvalue weighted by atomic mass is 32.2. The Hall–Kier alpha value is -1.10. The lowest BCUT2D eigenvalue weighted by Gasteiger charge is -2.19. The lowest BCUT2D eigenvalue weighted by atomic mass is 10.2. The Morgan fingerprint density at radius 1 is 1.50 bits per heavy atom. The van der Waals surface area contributed by atoms with Gasteiger partial charge in [-0.15, -0.1) is 0 Å². The number of hydrogen-bond acceptors (Lipinski definition) is 3. The Labute approximate surface area is 84.6 Å². The molecule has 0 bridgehead atoms. The average Bonchev–Trinajstić information content (AvgIpc) is 2.17. The third kappa shape index (κ3) is 2.04. The van der Waals surface area contributed by atoms with E-state index in [-0.39, 0.29) is 5.75 Å². The van der Waals surface area contributed by atoms with Crippen molar-refractivity contribution < 1.29 is 8.42 Å². The topological polar surface area (TPSA) is 50.3 Å². The summed E-state index contributed by atoms with van der Waals surface area (Å²) in [5.74, 6) is 0.0951. The third-order valence-electron chi connectivity index (χ3n) is 2.13. The molecular weight excluding hydrogens is 200 g/mol. The van der Waals surface area contributed by atoms with E-state index in [2.05, 4.69) is 4.98 Å². The van der Waals surface area contributed by atoms with Gasteiger partial charge in [0.25, 0.3) is 0 Å². The molecule has 0 radical (unpaired) electrons. The highest BCUT2D eigenvalue weighted by Crippen LogP contribution is 2.19. The maximum Gasteiger partial charge on any atom is 0.234 e. The standard InChI is InChI=1S/C9H14N2O2S/c1-4-14(12,13)11(3)9-7-10-6-5-8(9)2/h5-7H,4H2,1-3H3. The van der Waals surface area contributed by atoms with Crippen LogP contribution in [0.25, 0.3) is 0 Å². The second-order valence-electron chi connectivity index (χ2n) is 3.03. The van der Waals surface area contributed by atoms with Crippen LogP contribution in [0.3, 0.4) is 0 Å². The number of aromatic nitrogens is 1. The average molecular weight is 214 g/mol. The molecule has 78 valence electrons. The summed E-state index contributed by atoms with van der Waals surface area (Å²) in [5.41, 5.74) is 1.54. The largest absolute Gasteiger partial charge is 0.271 e. The summed E-state index contributed by atoms with van der Waals surface area (Å²) in [6.45, 7) is 3.48. The van der Waals surface area contributed by atoms with E-state index in [1.54, 1.807) is 32.4 Å². The quantitative estimate of drug-likeness (QED) is 0.759. The molecule has 1 aromatic heterocycles. The van der Waals surface area contributed by atoms with Gasteiger partial charge in [-0.1, -0.05) is 0 Å². The Morgan fingerprint density at radius 3 is 2.64 bits per heavy atom. The van der Waals surface area contributed by atoms with Crippen LogP contribution in [0.5, 0.6) is 0 Å². The van der Waals surface area contributed by atoms with Crippen molar-refractivity contribution in [2.24, 2.45) is 0 Å². The molecule has 1 aromatic rings. The maximum atomic E-state index is 11.6. The highest BCUT2D eigenvalue weighted by Gasteiger charge is 2.17. The van der Waals surface area contributed by atoms with Crippen LogP contribution in [0, 0.1) is 6.92 Å². The molecule has 0 aromatic carbocycles. The van der Waals surface area contributed by atoms with Gasteiger partial charge in [0.2, 0.25) is 10.0 Å². The van der Waals surface area contributed by atoms with Gasteiger partial charge in [0.05, 0.1) is 17.6 Å². The zero-order valence-electron chi connectivity index (χ0n) is 8.56. The zero-order chi connectivity index (χ0) is 10.8. The molecule has 0 amide bonds. The van der Waals surface area contributed by atoms with E-state index in [0.29, 0.717) is 5.69 Å². The Kier molecular flexibility index (Phi) is 3.10. The Balaban J connectivity index is 3.14. The van der Waals surface area contributed by atoms with Crippen molar-refractivity contribution in [2.75, 3.05) is 17.1 Å². The van der Waals surface area contributed by atoms with Crippen molar-refractivity contribution in [3.05, 3.63) is 24.0 Å². The fourth-order valence-corrected chi connectivity index (χ4v) is 2.01. The van der Waals surface area contributed by atoms with Crippen molar-refractivity contribution in [2.45, 2.75) is 13.8 Å². The van der Waals surface area contributed by atoms with Crippen LogP contribution in [0.2, 0.25) is 0 Å². The summed E-state index contributed by atoms with van der Waals surface area (Å²) in [6, 6.07) is 1.79. The molecule has 0 saturated carbocycles. The number of anilines is 1. The van der Waals surface area contributed by atoms with E-state index >= 15 is 0 Å². The number of nitrogens with zero attached hydrogens (tertiary/aromatic N) is 2. The number of aryl methyl sites for hydroxylation is 1. The summed E-state index contributed by atoms with van der Waals surface area (Å²) < 4.78 is 24.4. The van der Waals surface area contributed by atoms with Gasteiger partial charge in [-0.3, -0.25) is 9.29 Å². The van der Waals surface area contributed by atoms with Crippen molar-refractivity contribution >= 4 is 15.7 Å².